The van der Waals surface area contributed by atoms with Crippen molar-refractivity contribution in [2.45, 2.75) is 39.5 Å². The van der Waals surface area contributed by atoms with Gasteiger partial charge in [0.25, 0.3) is 0 Å². The molecule has 0 aliphatic heterocycles. The number of hydrogen-bond donors (Lipinski definition) is 2. The van der Waals surface area contributed by atoms with Gasteiger partial charge in [-0.25, -0.2) is 10.9 Å². The van der Waals surface area contributed by atoms with Crippen molar-refractivity contribution in [3.05, 3.63) is 60.2 Å². The lowest BCUT2D eigenvalue weighted by molar-refractivity contribution is -0.123. The minimum Gasteiger partial charge on any atom is -0.273 e. The summed E-state index contributed by atoms with van der Waals surface area (Å²) in [5, 5.41) is 8.07. The van der Waals surface area contributed by atoms with Gasteiger partial charge in [-0.2, -0.15) is 10.2 Å². The smallest absolute Gasteiger partial charge is 0.240 e. The van der Waals surface area contributed by atoms with Crippen LogP contribution in [0.3, 0.4) is 0 Å². The van der Waals surface area contributed by atoms with Crippen LogP contribution in [0.2, 0.25) is 0 Å². The van der Waals surface area contributed by atoms with E-state index in [1.807, 2.05) is 36.4 Å². The van der Waals surface area contributed by atoms with Crippen LogP contribution in [0.4, 0.5) is 0 Å². The van der Waals surface area contributed by atoms with Gasteiger partial charge in [0.2, 0.25) is 11.8 Å². The maximum absolute atomic E-state index is 11.8. The van der Waals surface area contributed by atoms with E-state index in [1.165, 1.54) is 0 Å². The van der Waals surface area contributed by atoms with E-state index in [4.69, 9.17) is 0 Å². The molecule has 0 radical (unpaired) electrons. The molecule has 0 atom stereocenters. The summed E-state index contributed by atoms with van der Waals surface area (Å²) in [4.78, 5) is 32.0. The van der Waals surface area contributed by atoms with Gasteiger partial charge in [-0.05, 0) is 51.0 Å². The molecule has 0 saturated carbocycles. The van der Waals surface area contributed by atoms with Crippen molar-refractivity contribution in [3.63, 3.8) is 0 Å². The number of nitrogens with one attached hydrogen (secondary N) is 2. The van der Waals surface area contributed by atoms with Crippen molar-refractivity contribution in [3.8, 4) is 0 Å². The Bertz CT molecular complexity index is 763. The van der Waals surface area contributed by atoms with Crippen LogP contribution in [-0.4, -0.2) is 33.2 Å². The molecule has 8 heteroatoms. The average Bonchev–Trinajstić information content (AvgIpc) is 2.74. The van der Waals surface area contributed by atoms with Crippen LogP contribution in [0.5, 0.6) is 0 Å². The summed E-state index contributed by atoms with van der Waals surface area (Å²) in [6, 6.07) is 11.0. The van der Waals surface area contributed by atoms with Gasteiger partial charge < -0.3 is 0 Å². The molecule has 2 aromatic heterocycles. The number of aromatic nitrogens is 2. The number of carbonyl (C=O) groups excluding carboxylic acids is 2. The standard InChI is InChI=1S/C20H24N6O2/c1-15(17-9-5-7-13-21-17)23-25-19(27)11-3-4-12-20(28)26-24-16(2)18-10-6-8-14-22-18/h5-10,13-14H,3-4,11-12H2,1-2H3,(H,25,27)(H,26,28)/b23-15+,24-16+. The molecule has 0 spiro atoms. The molecule has 0 bridgehead atoms. The van der Waals surface area contributed by atoms with Crippen LogP contribution >= 0.6 is 0 Å². The molecule has 2 heterocycles. The van der Waals surface area contributed by atoms with E-state index >= 15 is 0 Å². The highest BCUT2D eigenvalue weighted by Crippen LogP contribution is 2.01. The predicted molar refractivity (Wildman–Crippen MR) is 108 cm³/mol. The Morgan fingerprint density at radius 1 is 0.786 bits per heavy atom. The van der Waals surface area contributed by atoms with Gasteiger partial charge in [-0.3, -0.25) is 19.6 Å². The predicted octanol–water partition coefficient (Wildman–Crippen LogP) is 2.42. The second-order valence-electron chi connectivity index (χ2n) is 6.10. The van der Waals surface area contributed by atoms with E-state index < -0.39 is 0 Å². The van der Waals surface area contributed by atoms with Gasteiger partial charge in [0, 0.05) is 25.2 Å². The summed E-state index contributed by atoms with van der Waals surface area (Å²) in [6.45, 7) is 3.56. The van der Waals surface area contributed by atoms with Gasteiger partial charge in [-0.1, -0.05) is 12.1 Å². The third kappa shape index (κ3) is 7.45. The Kier molecular flexibility index (Phi) is 8.45. The maximum atomic E-state index is 11.8. The third-order valence-electron chi connectivity index (χ3n) is 3.83. The van der Waals surface area contributed by atoms with Crippen molar-refractivity contribution < 1.29 is 9.59 Å². The molecular weight excluding hydrogens is 356 g/mol. The van der Waals surface area contributed by atoms with Crippen LogP contribution in [0.1, 0.15) is 50.9 Å². The molecule has 0 unspecified atom stereocenters. The Morgan fingerprint density at radius 2 is 1.21 bits per heavy atom. The first-order valence-corrected chi connectivity index (χ1v) is 9.05. The largest absolute Gasteiger partial charge is 0.273 e. The summed E-state index contributed by atoms with van der Waals surface area (Å²) in [6.07, 6.45) is 5.10. The normalized spacial score (nSPS) is 11.8. The number of nitrogens with zero attached hydrogens (tertiary/aromatic N) is 4. The second-order valence-corrected chi connectivity index (χ2v) is 6.10. The number of amides is 2. The number of carbonyl (C=O) groups is 2. The lowest BCUT2D eigenvalue weighted by Crippen LogP contribution is -2.20. The molecule has 146 valence electrons. The first kappa shape index (κ1) is 20.9. The summed E-state index contributed by atoms with van der Waals surface area (Å²) in [7, 11) is 0. The second kappa shape index (κ2) is 11.3. The number of rotatable bonds is 9. The van der Waals surface area contributed by atoms with Crippen molar-refractivity contribution in [1.29, 1.82) is 0 Å². The van der Waals surface area contributed by atoms with Gasteiger partial charge in [-0.15, -0.1) is 0 Å². The number of hydrazone groups is 2. The SMILES string of the molecule is C/C(=N\NC(=O)CCCCC(=O)N/N=C(\C)c1ccccn1)c1ccccn1. The van der Waals surface area contributed by atoms with E-state index in [-0.39, 0.29) is 11.8 Å². The Balaban J connectivity index is 1.64. The van der Waals surface area contributed by atoms with Crippen LogP contribution in [-0.2, 0) is 9.59 Å². The highest BCUT2D eigenvalue weighted by molar-refractivity contribution is 5.98. The fourth-order valence-electron chi connectivity index (χ4n) is 2.24. The topological polar surface area (TPSA) is 109 Å². The van der Waals surface area contributed by atoms with Gasteiger partial charge in [0.05, 0.1) is 22.8 Å². The van der Waals surface area contributed by atoms with Crippen molar-refractivity contribution in [2.75, 3.05) is 0 Å². The zero-order valence-electron chi connectivity index (χ0n) is 16.1. The Morgan fingerprint density at radius 3 is 1.57 bits per heavy atom. The van der Waals surface area contributed by atoms with E-state index in [0.29, 0.717) is 48.5 Å². The molecule has 0 aromatic carbocycles. The molecule has 0 aliphatic rings. The zero-order chi connectivity index (χ0) is 20.2. The summed E-state index contributed by atoms with van der Waals surface area (Å²) >= 11 is 0. The molecule has 2 amide bonds. The Labute approximate surface area is 164 Å². The van der Waals surface area contributed by atoms with Gasteiger partial charge in [0.1, 0.15) is 0 Å². The lowest BCUT2D eigenvalue weighted by atomic mass is 10.2. The number of pyridine rings is 2. The summed E-state index contributed by atoms with van der Waals surface area (Å²) < 4.78 is 0. The van der Waals surface area contributed by atoms with Gasteiger partial charge in [0.15, 0.2) is 0 Å². The Hall–Kier alpha value is -3.42. The number of unbranched alkanes of at least 4 members (excludes halogenated alkanes) is 1. The van der Waals surface area contributed by atoms with E-state index in [0.717, 1.165) is 0 Å². The van der Waals surface area contributed by atoms with Crippen LogP contribution in [0, 0.1) is 0 Å². The minimum atomic E-state index is -0.195. The minimum absolute atomic E-state index is 0.195. The molecule has 2 rings (SSSR count). The lowest BCUT2D eigenvalue weighted by Gasteiger charge is -2.03. The van der Waals surface area contributed by atoms with Crippen LogP contribution < -0.4 is 10.9 Å². The highest BCUT2D eigenvalue weighted by atomic mass is 16.2. The fraction of sp³-hybridized carbons (Fsp3) is 0.300. The van der Waals surface area contributed by atoms with Crippen molar-refractivity contribution in [1.82, 2.24) is 20.8 Å². The molecule has 0 saturated heterocycles. The number of hydrogen-bond acceptors (Lipinski definition) is 6. The molecule has 8 nitrogen and oxygen atoms in total. The summed E-state index contributed by atoms with van der Waals surface area (Å²) in [5.74, 6) is -0.389. The fourth-order valence-corrected chi connectivity index (χ4v) is 2.24. The van der Waals surface area contributed by atoms with E-state index in [2.05, 4.69) is 31.0 Å². The van der Waals surface area contributed by atoms with Crippen LogP contribution in [0.25, 0.3) is 0 Å². The maximum Gasteiger partial charge on any atom is 0.240 e. The average molecular weight is 380 g/mol. The quantitative estimate of drug-likeness (QED) is 0.395. The van der Waals surface area contributed by atoms with E-state index in [1.54, 1.807) is 26.2 Å². The molecule has 2 aromatic rings. The highest BCUT2D eigenvalue weighted by Gasteiger charge is 2.05. The molecule has 0 aliphatic carbocycles. The van der Waals surface area contributed by atoms with E-state index in [9.17, 15) is 9.59 Å². The van der Waals surface area contributed by atoms with Crippen molar-refractivity contribution in [2.24, 2.45) is 10.2 Å². The zero-order valence-corrected chi connectivity index (χ0v) is 16.1. The van der Waals surface area contributed by atoms with Gasteiger partial charge >= 0.3 is 0 Å². The first-order chi connectivity index (χ1) is 13.6. The third-order valence-corrected chi connectivity index (χ3v) is 3.83. The molecular formula is C20H24N6O2. The van der Waals surface area contributed by atoms with Crippen LogP contribution in [0.15, 0.2) is 59.0 Å². The molecule has 0 fully saturated rings. The molecule has 2 N–H and O–H groups in total. The first-order valence-electron chi connectivity index (χ1n) is 9.05. The molecule has 28 heavy (non-hydrogen) atoms. The van der Waals surface area contributed by atoms with Crippen molar-refractivity contribution >= 4 is 23.2 Å². The summed E-state index contributed by atoms with van der Waals surface area (Å²) in [5.41, 5.74) is 7.70. The monoisotopic (exact) mass is 380 g/mol.